The van der Waals surface area contributed by atoms with Crippen molar-refractivity contribution in [3.05, 3.63) is 42.2 Å². The van der Waals surface area contributed by atoms with Crippen LogP contribution in [0, 0.1) is 5.92 Å². The molecule has 5 nitrogen and oxygen atoms in total. The molecule has 1 fully saturated rings. The predicted octanol–water partition coefficient (Wildman–Crippen LogP) is 3.39. The van der Waals surface area contributed by atoms with E-state index >= 15 is 0 Å². The monoisotopic (exact) mass is 327 g/mol. The zero-order valence-electron chi connectivity index (χ0n) is 14.5. The molecule has 1 N–H and O–H groups in total. The Bertz CT molecular complexity index is 742. The van der Waals surface area contributed by atoms with Crippen LogP contribution in [0.5, 0.6) is 0 Å². The van der Waals surface area contributed by atoms with Gasteiger partial charge in [0.1, 0.15) is 5.82 Å². The standard InChI is InChI=1S/C19H25N3O2/c1-13(2)22-17-7-5-4-6-16(17)21-19(22)14(3)20-18(23)9-8-15-10-11-24-12-15/h4-9,13-15H,10-12H2,1-3H3,(H,20,23). The summed E-state index contributed by atoms with van der Waals surface area (Å²) in [6.07, 6.45) is 4.56. The first-order chi connectivity index (χ1) is 11.6. The van der Waals surface area contributed by atoms with Crippen LogP contribution in [0.25, 0.3) is 11.0 Å². The first-order valence-electron chi connectivity index (χ1n) is 8.59. The Morgan fingerprint density at radius 2 is 2.17 bits per heavy atom. The highest BCUT2D eigenvalue weighted by atomic mass is 16.5. The summed E-state index contributed by atoms with van der Waals surface area (Å²) in [7, 11) is 0. The maximum absolute atomic E-state index is 12.2. The van der Waals surface area contributed by atoms with Crippen molar-refractivity contribution < 1.29 is 9.53 Å². The molecule has 2 aromatic rings. The number of amides is 1. The van der Waals surface area contributed by atoms with Crippen molar-refractivity contribution in [2.75, 3.05) is 13.2 Å². The van der Waals surface area contributed by atoms with Crippen molar-refractivity contribution in [3.8, 4) is 0 Å². The van der Waals surface area contributed by atoms with E-state index in [2.05, 4.69) is 29.8 Å². The molecule has 5 heteroatoms. The Hall–Kier alpha value is -2.14. The molecule has 0 aliphatic carbocycles. The maximum atomic E-state index is 12.2. The van der Waals surface area contributed by atoms with Gasteiger partial charge >= 0.3 is 0 Å². The number of rotatable bonds is 5. The summed E-state index contributed by atoms with van der Waals surface area (Å²) in [5, 5.41) is 3.03. The van der Waals surface area contributed by atoms with Gasteiger partial charge in [0.05, 0.1) is 23.7 Å². The molecule has 1 amide bonds. The Labute approximate surface area is 142 Å². The highest BCUT2D eigenvalue weighted by Gasteiger charge is 2.19. The van der Waals surface area contributed by atoms with Gasteiger partial charge in [-0.05, 0) is 45.4 Å². The van der Waals surface area contributed by atoms with Crippen molar-refractivity contribution in [2.24, 2.45) is 5.92 Å². The normalized spacial score (nSPS) is 19.4. The highest BCUT2D eigenvalue weighted by Crippen LogP contribution is 2.24. The number of ether oxygens (including phenoxy) is 1. The quantitative estimate of drug-likeness (QED) is 0.857. The van der Waals surface area contributed by atoms with E-state index in [0.29, 0.717) is 12.5 Å². The third kappa shape index (κ3) is 3.51. The molecular weight excluding hydrogens is 302 g/mol. The minimum atomic E-state index is -0.156. The van der Waals surface area contributed by atoms with Gasteiger partial charge in [-0.25, -0.2) is 4.98 Å². The minimum absolute atomic E-state index is 0.0863. The van der Waals surface area contributed by atoms with Crippen molar-refractivity contribution in [2.45, 2.75) is 39.3 Å². The zero-order valence-corrected chi connectivity index (χ0v) is 14.5. The first-order valence-corrected chi connectivity index (χ1v) is 8.59. The van der Waals surface area contributed by atoms with Gasteiger partial charge in [0.2, 0.25) is 5.91 Å². The summed E-state index contributed by atoms with van der Waals surface area (Å²) in [6, 6.07) is 8.20. The average Bonchev–Trinajstić information content (AvgIpc) is 3.20. The van der Waals surface area contributed by atoms with Gasteiger partial charge < -0.3 is 14.6 Å². The molecule has 0 radical (unpaired) electrons. The largest absolute Gasteiger partial charge is 0.381 e. The third-order valence-corrected chi connectivity index (χ3v) is 4.37. The van der Waals surface area contributed by atoms with Gasteiger partial charge in [-0.1, -0.05) is 18.2 Å². The number of fused-ring (bicyclic) bond motifs is 1. The summed E-state index contributed by atoms with van der Waals surface area (Å²) < 4.78 is 7.51. The lowest BCUT2D eigenvalue weighted by molar-refractivity contribution is -0.117. The Morgan fingerprint density at radius 1 is 1.38 bits per heavy atom. The molecule has 2 atom stereocenters. The summed E-state index contributed by atoms with van der Waals surface area (Å²) in [4.78, 5) is 16.9. The van der Waals surface area contributed by atoms with E-state index < -0.39 is 0 Å². The SMILES string of the molecule is CC(NC(=O)C=CC1CCOC1)c1nc2ccccc2n1C(C)C. The second-order valence-electron chi connectivity index (χ2n) is 6.64. The number of nitrogens with one attached hydrogen (secondary N) is 1. The van der Waals surface area contributed by atoms with Gasteiger partial charge in [0, 0.05) is 18.6 Å². The van der Waals surface area contributed by atoms with Crippen molar-refractivity contribution in [1.29, 1.82) is 0 Å². The molecule has 24 heavy (non-hydrogen) atoms. The Morgan fingerprint density at radius 3 is 2.88 bits per heavy atom. The molecule has 1 aromatic carbocycles. The van der Waals surface area contributed by atoms with Crippen LogP contribution in [-0.4, -0.2) is 28.7 Å². The Balaban J connectivity index is 1.76. The number of carbonyl (C=O) groups excluding carboxylic acids is 1. The fourth-order valence-corrected chi connectivity index (χ4v) is 3.17. The van der Waals surface area contributed by atoms with Gasteiger partial charge in [0.25, 0.3) is 0 Å². The van der Waals surface area contributed by atoms with Gasteiger partial charge in [-0.2, -0.15) is 0 Å². The minimum Gasteiger partial charge on any atom is -0.381 e. The topological polar surface area (TPSA) is 56.1 Å². The number of hydrogen-bond acceptors (Lipinski definition) is 3. The van der Waals surface area contributed by atoms with Crippen molar-refractivity contribution >= 4 is 16.9 Å². The number of para-hydroxylation sites is 2. The number of aromatic nitrogens is 2. The summed E-state index contributed by atoms with van der Waals surface area (Å²) in [5.41, 5.74) is 2.06. The second kappa shape index (κ2) is 7.18. The predicted molar refractivity (Wildman–Crippen MR) is 94.7 cm³/mol. The summed E-state index contributed by atoms with van der Waals surface area (Å²) in [6.45, 7) is 7.73. The van der Waals surface area contributed by atoms with Crippen LogP contribution in [0.4, 0.5) is 0 Å². The third-order valence-electron chi connectivity index (χ3n) is 4.37. The van der Waals surface area contributed by atoms with Gasteiger partial charge in [0.15, 0.2) is 0 Å². The van der Waals surface area contributed by atoms with Crippen LogP contribution in [-0.2, 0) is 9.53 Å². The number of benzene rings is 1. The van der Waals surface area contributed by atoms with Crippen molar-refractivity contribution in [3.63, 3.8) is 0 Å². The molecule has 3 rings (SSSR count). The Kier molecular flexibility index (Phi) is 5.00. The molecule has 1 aliphatic heterocycles. The lowest BCUT2D eigenvalue weighted by Gasteiger charge is -2.18. The lowest BCUT2D eigenvalue weighted by atomic mass is 10.1. The highest BCUT2D eigenvalue weighted by molar-refractivity contribution is 5.87. The number of hydrogen-bond donors (Lipinski definition) is 1. The van der Waals surface area contributed by atoms with E-state index in [1.165, 1.54) is 0 Å². The summed E-state index contributed by atoms with van der Waals surface area (Å²) >= 11 is 0. The second-order valence-corrected chi connectivity index (χ2v) is 6.64. The molecule has 2 heterocycles. The first kappa shape index (κ1) is 16.7. The van der Waals surface area contributed by atoms with Crippen LogP contribution in [0.3, 0.4) is 0 Å². The molecule has 2 unspecified atom stereocenters. The lowest BCUT2D eigenvalue weighted by Crippen LogP contribution is -2.27. The van der Waals surface area contributed by atoms with Crippen LogP contribution in [0.15, 0.2) is 36.4 Å². The fourth-order valence-electron chi connectivity index (χ4n) is 3.17. The zero-order chi connectivity index (χ0) is 17.1. The van der Waals surface area contributed by atoms with E-state index in [1.807, 2.05) is 31.2 Å². The van der Waals surface area contributed by atoms with Gasteiger partial charge in [-0.15, -0.1) is 0 Å². The van der Waals surface area contributed by atoms with E-state index in [9.17, 15) is 4.79 Å². The summed E-state index contributed by atoms with van der Waals surface area (Å²) in [5.74, 6) is 1.15. The van der Waals surface area contributed by atoms with Crippen molar-refractivity contribution in [1.82, 2.24) is 14.9 Å². The molecule has 128 valence electrons. The fraction of sp³-hybridized carbons (Fsp3) is 0.474. The molecule has 0 saturated carbocycles. The molecule has 1 saturated heterocycles. The van der Waals surface area contributed by atoms with E-state index in [0.717, 1.165) is 29.9 Å². The number of carbonyl (C=O) groups is 1. The van der Waals surface area contributed by atoms with E-state index in [-0.39, 0.29) is 18.0 Å². The smallest absolute Gasteiger partial charge is 0.244 e. The maximum Gasteiger partial charge on any atom is 0.244 e. The van der Waals surface area contributed by atoms with E-state index in [1.54, 1.807) is 6.08 Å². The van der Waals surface area contributed by atoms with Gasteiger partial charge in [-0.3, -0.25) is 4.79 Å². The van der Waals surface area contributed by atoms with Crippen LogP contribution in [0.2, 0.25) is 0 Å². The van der Waals surface area contributed by atoms with E-state index in [4.69, 9.17) is 9.72 Å². The molecule has 0 bridgehead atoms. The molecule has 0 spiro atoms. The molecular formula is C19H25N3O2. The van der Waals surface area contributed by atoms with Crippen LogP contribution < -0.4 is 5.32 Å². The average molecular weight is 327 g/mol. The number of nitrogens with zero attached hydrogens (tertiary/aromatic N) is 2. The number of imidazole rings is 1. The van der Waals surface area contributed by atoms with Crippen LogP contribution in [0.1, 0.15) is 45.1 Å². The van der Waals surface area contributed by atoms with Crippen LogP contribution >= 0.6 is 0 Å². The molecule has 1 aromatic heterocycles. The molecule has 1 aliphatic rings.